The largest absolute Gasteiger partial charge is 0.0730 e. The Kier molecular flexibility index (Phi) is 5.32. The van der Waals surface area contributed by atoms with Crippen LogP contribution >= 0.6 is 0 Å². The second-order valence-electron chi connectivity index (χ2n) is 16.1. The summed E-state index contributed by atoms with van der Waals surface area (Å²) in [5.74, 6) is 0.909. The highest BCUT2D eigenvalue weighted by Crippen LogP contribution is 2.68. The zero-order valence-electron chi connectivity index (χ0n) is 25.0. The molecule has 0 heteroatoms. The molecule has 0 aliphatic heterocycles. The Labute approximate surface area is 221 Å². The van der Waals surface area contributed by atoms with Crippen LogP contribution in [0.1, 0.15) is 118 Å². The van der Waals surface area contributed by atoms with Gasteiger partial charge in [0, 0.05) is 11.8 Å². The van der Waals surface area contributed by atoms with Gasteiger partial charge in [-0.15, -0.1) is 0 Å². The predicted molar refractivity (Wildman–Crippen MR) is 157 cm³/mol. The van der Waals surface area contributed by atoms with Gasteiger partial charge in [-0.1, -0.05) is 137 Å². The summed E-state index contributed by atoms with van der Waals surface area (Å²) in [6.45, 7) is 28.7. The molecule has 3 aliphatic carbocycles. The fourth-order valence-electron chi connectivity index (χ4n) is 7.54. The van der Waals surface area contributed by atoms with Gasteiger partial charge in [-0.2, -0.15) is 0 Å². The van der Waals surface area contributed by atoms with Crippen LogP contribution in [-0.2, 0) is 10.8 Å². The van der Waals surface area contributed by atoms with Crippen molar-refractivity contribution in [1.82, 2.24) is 0 Å². The van der Waals surface area contributed by atoms with Crippen molar-refractivity contribution in [3.8, 4) is 11.1 Å². The zero-order chi connectivity index (χ0) is 26.6. The third-order valence-electron chi connectivity index (χ3n) is 9.58. The topological polar surface area (TPSA) is 0 Å². The second kappa shape index (κ2) is 7.49. The third kappa shape index (κ3) is 3.77. The van der Waals surface area contributed by atoms with Crippen molar-refractivity contribution in [1.29, 1.82) is 0 Å². The van der Waals surface area contributed by atoms with Gasteiger partial charge in [-0.3, -0.25) is 0 Å². The molecule has 1 fully saturated rings. The second-order valence-corrected chi connectivity index (χ2v) is 16.1. The Bertz CT molecular complexity index is 1230. The normalized spacial score (nSPS) is 25.4. The lowest BCUT2D eigenvalue weighted by Gasteiger charge is -2.38. The van der Waals surface area contributed by atoms with Crippen LogP contribution < -0.4 is 0 Å². The van der Waals surface area contributed by atoms with Crippen molar-refractivity contribution >= 4 is 0 Å². The first-order valence-corrected chi connectivity index (χ1v) is 14.1. The van der Waals surface area contributed by atoms with Gasteiger partial charge in [0.2, 0.25) is 0 Å². The smallest absolute Gasteiger partial charge is 0.0164 e. The number of hydrogen-bond acceptors (Lipinski definition) is 0. The van der Waals surface area contributed by atoms with Crippen molar-refractivity contribution < 1.29 is 0 Å². The molecular weight excluding hydrogens is 432 g/mol. The van der Waals surface area contributed by atoms with Gasteiger partial charge in [-0.25, -0.2) is 0 Å². The van der Waals surface area contributed by atoms with Crippen LogP contribution in [0, 0.1) is 22.2 Å². The monoisotopic (exact) mass is 480 g/mol. The molecule has 0 N–H and O–H groups in total. The highest BCUT2D eigenvalue weighted by atomic mass is 14.6. The molecule has 2 aromatic carbocycles. The van der Waals surface area contributed by atoms with Crippen molar-refractivity contribution in [2.45, 2.75) is 106 Å². The summed E-state index contributed by atoms with van der Waals surface area (Å²) in [7, 11) is 0. The summed E-state index contributed by atoms with van der Waals surface area (Å²) in [4.78, 5) is 0. The van der Waals surface area contributed by atoms with Crippen LogP contribution in [0.5, 0.6) is 0 Å². The molecule has 0 aromatic heterocycles. The molecule has 5 rings (SSSR count). The fraction of sp³-hybridized carbons (Fsp3) is 0.556. The number of allylic oxidation sites excluding steroid dienone is 4. The lowest BCUT2D eigenvalue weighted by Crippen LogP contribution is -2.29. The first-order chi connectivity index (χ1) is 16.3. The Morgan fingerprint density at radius 2 is 1.14 bits per heavy atom. The van der Waals surface area contributed by atoms with Gasteiger partial charge < -0.3 is 0 Å². The van der Waals surface area contributed by atoms with Crippen molar-refractivity contribution in [3.05, 3.63) is 82.0 Å². The maximum atomic E-state index is 2.65. The van der Waals surface area contributed by atoms with E-state index in [9.17, 15) is 0 Å². The van der Waals surface area contributed by atoms with Gasteiger partial charge in [-0.05, 0) is 72.4 Å². The summed E-state index contributed by atoms with van der Waals surface area (Å²) < 4.78 is 0. The molecule has 2 atom stereocenters. The van der Waals surface area contributed by atoms with Crippen LogP contribution in [0.15, 0.2) is 59.7 Å². The van der Waals surface area contributed by atoms with Crippen LogP contribution in [0.3, 0.4) is 0 Å². The Balaban J connectivity index is 1.74. The van der Waals surface area contributed by atoms with Crippen LogP contribution in [0.25, 0.3) is 11.1 Å². The summed E-state index contributed by atoms with van der Waals surface area (Å²) >= 11 is 0. The van der Waals surface area contributed by atoms with E-state index in [0.29, 0.717) is 11.8 Å². The molecule has 0 saturated heterocycles. The molecule has 0 radical (unpaired) electrons. The molecule has 0 heterocycles. The molecular formula is C36H48. The number of hydrogen-bond donors (Lipinski definition) is 0. The average molecular weight is 481 g/mol. The maximum Gasteiger partial charge on any atom is 0.0164 e. The van der Waals surface area contributed by atoms with E-state index in [4.69, 9.17) is 0 Å². The van der Waals surface area contributed by atoms with E-state index in [0.717, 1.165) is 0 Å². The summed E-state index contributed by atoms with van der Waals surface area (Å²) in [5, 5.41) is 0. The summed E-state index contributed by atoms with van der Waals surface area (Å²) in [5.41, 5.74) is 12.9. The lowest BCUT2D eigenvalue weighted by atomic mass is 9.65. The average Bonchev–Trinajstić information content (AvgIpc) is 3.37. The van der Waals surface area contributed by atoms with E-state index in [1.165, 1.54) is 34.2 Å². The first-order valence-electron chi connectivity index (χ1n) is 14.1. The number of rotatable bonds is 1. The SMILES string of the molecule is CC(C)(C)C1=CC2C(=C1)C(C)(C)CC2(C)C1c2ccc(C(C)(C)C)cc2-c2cc(C(C)(C)C)ccc21. The molecule has 3 aliphatic rings. The van der Waals surface area contributed by atoms with Gasteiger partial charge in [0.1, 0.15) is 0 Å². The molecule has 0 amide bonds. The van der Waals surface area contributed by atoms with E-state index in [-0.39, 0.29) is 27.1 Å². The summed E-state index contributed by atoms with van der Waals surface area (Å²) in [6.07, 6.45) is 6.43. The summed E-state index contributed by atoms with van der Waals surface area (Å²) in [6, 6.07) is 14.8. The molecule has 2 aromatic rings. The highest BCUT2D eigenvalue weighted by Gasteiger charge is 2.57. The minimum atomic E-state index is 0.139. The Hall–Kier alpha value is -2.08. The molecule has 0 bridgehead atoms. The van der Waals surface area contributed by atoms with E-state index in [1.807, 2.05) is 0 Å². The zero-order valence-corrected chi connectivity index (χ0v) is 25.0. The quantitative estimate of drug-likeness (QED) is 0.381. The minimum absolute atomic E-state index is 0.139. The van der Waals surface area contributed by atoms with Gasteiger partial charge >= 0.3 is 0 Å². The van der Waals surface area contributed by atoms with Crippen molar-refractivity contribution in [3.63, 3.8) is 0 Å². The van der Waals surface area contributed by atoms with Crippen LogP contribution in [-0.4, -0.2) is 0 Å². The molecule has 0 spiro atoms. The Morgan fingerprint density at radius 1 is 0.667 bits per heavy atom. The van der Waals surface area contributed by atoms with E-state index < -0.39 is 0 Å². The molecule has 1 saturated carbocycles. The highest BCUT2D eigenvalue weighted by molar-refractivity contribution is 5.81. The number of benzene rings is 2. The standard InChI is InChI=1S/C36H48/c1-32(2,3)22-13-15-25-27(17-22)28-18-23(33(4,5)6)14-16-26(28)31(25)36(12)21-35(10,11)29-19-24(20-30(29)36)34(7,8)9/h13-20,30-31H,21H2,1-12H3. The maximum absolute atomic E-state index is 2.65. The fourth-order valence-corrected chi connectivity index (χ4v) is 7.54. The predicted octanol–water partition coefficient (Wildman–Crippen LogP) is 10.4. The molecule has 36 heavy (non-hydrogen) atoms. The lowest BCUT2D eigenvalue weighted by molar-refractivity contribution is 0.219. The van der Waals surface area contributed by atoms with Crippen LogP contribution in [0.2, 0.25) is 0 Å². The molecule has 2 unspecified atom stereocenters. The van der Waals surface area contributed by atoms with Crippen LogP contribution in [0.4, 0.5) is 0 Å². The molecule has 0 nitrogen and oxygen atoms in total. The number of fused-ring (bicyclic) bond motifs is 4. The molecule has 192 valence electrons. The van der Waals surface area contributed by atoms with E-state index in [1.54, 1.807) is 16.7 Å². The van der Waals surface area contributed by atoms with E-state index >= 15 is 0 Å². The van der Waals surface area contributed by atoms with Gasteiger partial charge in [0.15, 0.2) is 0 Å². The Morgan fingerprint density at radius 3 is 1.56 bits per heavy atom. The van der Waals surface area contributed by atoms with E-state index in [2.05, 4.69) is 132 Å². The van der Waals surface area contributed by atoms with Crippen molar-refractivity contribution in [2.75, 3.05) is 0 Å². The minimum Gasteiger partial charge on any atom is -0.0730 e. The van der Waals surface area contributed by atoms with Gasteiger partial charge in [0.25, 0.3) is 0 Å². The third-order valence-corrected chi connectivity index (χ3v) is 9.58. The van der Waals surface area contributed by atoms with Crippen molar-refractivity contribution in [2.24, 2.45) is 22.2 Å². The van der Waals surface area contributed by atoms with Gasteiger partial charge in [0.05, 0.1) is 0 Å². The first kappa shape index (κ1) is 25.6.